The van der Waals surface area contributed by atoms with E-state index in [-0.39, 0.29) is 10.6 Å². The Morgan fingerprint density at radius 1 is 1.56 bits per heavy atom. The van der Waals surface area contributed by atoms with Crippen LogP contribution in [-0.2, 0) is 9.53 Å². The number of amides is 1. The molecule has 1 atom stereocenters. The molecule has 0 saturated carbocycles. The van der Waals surface area contributed by atoms with Crippen LogP contribution in [0, 0.1) is 0 Å². The van der Waals surface area contributed by atoms with E-state index in [4.69, 9.17) is 11.6 Å². The van der Waals surface area contributed by atoms with Gasteiger partial charge in [-0.15, -0.1) is 0 Å². The van der Waals surface area contributed by atoms with E-state index in [1.54, 1.807) is 0 Å². The number of hydrogen-bond donors (Lipinski definition) is 1. The third-order valence-corrected chi connectivity index (χ3v) is 2.69. The molecule has 1 unspecified atom stereocenters. The Morgan fingerprint density at radius 2 is 2.28 bits per heavy atom. The Morgan fingerprint density at radius 3 is 2.83 bits per heavy atom. The van der Waals surface area contributed by atoms with Gasteiger partial charge in [0.2, 0.25) is 0 Å². The highest BCUT2D eigenvalue weighted by molar-refractivity contribution is 6.33. The van der Waals surface area contributed by atoms with E-state index in [0.29, 0.717) is 6.42 Å². The number of nitrogens with one attached hydrogen (secondary N) is 1. The molecule has 0 bridgehead atoms. The fourth-order valence-electron chi connectivity index (χ4n) is 1.48. The first-order valence-corrected chi connectivity index (χ1v) is 5.96. The number of hydrogen-bond acceptors (Lipinski definition) is 4. The summed E-state index contributed by atoms with van der Waals surface area (Å²) >= 11 is 5.85. The van der Waals surface area contributed by atoms with E-state index in [1.807, 2.05) is 6.92 Å². The molecule has 0 aromatic carbocycles. The molecular formula is C12H15ClN2O3. The summed E-state index contributed by atoms with van der Waals surface area (Å²) in [6, 6.07) is 0.842. The lowest BCUT2D eigenvalue weighted by atomic mass is 10.1. The van der Waals surface area contributed by atoms with Gasteiger partial charge in [-0.3, -0.25) is 9.78 Å². The lowest BCUT2D eigenvalue weighted by molar-refractivity contribution is -0.143. The average molecular weight is 271 g/mol. The van der Waals surface area contributed by atoms with Gasteiger partial charge in [0.25, 0.3) is 5.91 Å². The smallest absolute Gasteiger partial charge is 0.328 e. The van der Waals surface area contributed by atoms with Gasteiger partial charge in [0.15, 0.2) is 0 Å². The highest BCUT2D eigenvalue weighted by Gasteiger charge is 2.22. The van der Waals surface area contributed by atoms with Crippen molar-refractivity contribution < 1.29 is 14.3 Å². The molecular weight excluding hydrogens is 256 g/mol. The van der Waals surface area contributed by atoms with Gasteiger partial charge in [0, 0.05) is 12.4 Å². The van der Waals surface area contributed by atoms with Gasteiger partial charge in [-0.1, -0.05) is 24.9 Å². The fourth-order valence-corrected chi connectivity index (χ4v) is 1.68. The minimum Gasteiger partial charge on any atom is -0.467 e. The zero-order valence-electron chi connectivity index (χ0n) is 10.3. The quantitative estimate of drug-likeness (QED) is 0.829. The second kappa shape index (κ2) is 6.96. The minimum atomic E-state index is -0.656. The molecule has 1 rings (SSSR count). The molecule has 5 nitrogen and oxygen atoms in total. The summed E-state index contributed by atoms with van der Waals surface area (Å²) < 4.78 is 4.63. The van der Waals surface area contributed by atoms with Crippen LogP contribution in [0.4, 0.5) is 0 Å². The van der Waals surface area contributed by atoms with Crippen molar-refractivity contribution in [2.75, 3.05) is 7.11 Å². The van der Waals surface area contributed by atoms with Crippen LogP contribution in [0.3, 0.4) is 0 Å². The molecule has 0 fully saturated rings. The Hall–Kier alpha value is -1.62. The second-order valence-corrected chi connectivity index (χ2v) is 4.10. The molecule has 0 radical (unpaired) electrons. The maximum Gasteiger partial charge on any atom is 0.328 e. The van der Waals surface area contributed by atoms with Gasteiger partial charge >= 0.3 is 5.97 Å². The predicted molar refractivity (Wildman–Crippen MR) is 67.4 cm³/mol. The molecule has 0 aliphatic rings. The number of carbonyl (C=O) groups excluding carboxylic acids is 2. The molecule has 1 heterocycles. The van der Waals surface area contributed by atoms with Crippen molar-refractivity contribution >= 4 is 23.5 Å². The van der Waals surface area contributed by atoms with Crippen LogP contribution in [-0.4, -0.2) is 30.0 Å². The van der Waals surface area contributed by atoms with Gasteiger partial charge in [-0.25, -0.2) is 4.79 Å². The van der Waals surface area contributed by atoms with E-state index in [2.05, 4.69) is 15.0 Å². The number of pyridine rings is 1. The number of ether oxygens (including phenoxy) is 1. The van der Waals surface area contributed by atoms with Crippen molar-refractivity contribution in [1.29, 1.82) is 0 Å². The Labute approximate surface area is 110 Å². The highest BCUT2D eigenvalue weighted by Crippen LogP contribution is 2.13. The van der Waals surface area contributed by atoms with E-state index in [9.17, 15) is 9.59 Å². The Bertz CT molecular complexity index is 437. The molecule has 0 saturated heterocycles. The number of halogens is 1. The molecule has 1 amide bonds. The largest absolute Gasteiger partial charge is 0.467 e. The van der Waals surface area contributed by atoms with E-state index < -0.39 is 17.9 Å². The van der Waals surface area contributed by atoms with Crippen molar-refractivity contribution in [3.8, 4) is 0 Å². The topological polar surface area (TPSA) is 68.3 Å². The lowest BCUT2D eigenvalue weighted by Gasteiger charge is -2.15. The van der Waals surface area contributed by atoms with Crippen LogP contribution in [0.2, 0.25) is 5.02 Å². The molecule has 98 valence electrons. The van der Waals surface area contributed by atoms with Gasteiger partial charge in [-0.05, 0) is 12.5 Å². The summed E-state index contributed by atoms with van der Waals surface area (Å²) in [7, 11) is 1.29. The summed E-state index contributed by atoms with van der Waals surface area (Å²) in [6.07, 6.45) is 4.11. The van der Waals surface area contributed by atoms with Gasteiger partial charge in [0.05, 0.1) is 17.7 Å². The van der Waals surface area contributed by atoms with Gasteiger partial charge in [0.1, 0.15) is 6.04 Å². The highest BCUT2D eigenvalue weighted by atomic mass is 35.5. The summed E-state index contributed by atoms with van der Waals surface area (Å²) in [5.74, 6) is -0.873. The van der Waals surface area contributed by atoms with Gasteiger partial charge < -0.3 is 10.1 Å². The third kappa shape index (κ3) is 3.70. The molecule has 1 aromatic rings. The predicted octanol–water partition coefficient (Wildman–Crippen LogP) is 1.81. The number of esters is 1. The first-order chi connectivity index (χ1) is 8.60. The molecule has 0 aliphatic carbocycles. The molecule has 1 aromatic heterocycles. The lowest BCUT2D eigenvalue weighted by Crippen LogP contribution is -2.41. The average Bonchev–Trinajstić information content (AvgIpc) is 2.37. The SMILES string of the molecule is CCCC(NC(=O)c1ccncc1Cl)C(=O)OC. The van der Waals surface area contributed by atoms with E-state index in [1.165, 1.54) is 25.6 Å². The zero-order valence-corrected chi connectivity index (χ0v) is 11.0. The minimum absolute atomic E-state index is 0.245. The van der Waals surface area contributed by atoms with Gasteiger partial charge in [-0.2, -0.15) is 0 Å². The van der Waals surface area contributed by atoms with E-state index >= 15 is 0 Å². The summed E-state index contributed by atoms with van der Waals surface area (Å²) in [5, 5.41) is 2.85. The second-order valence-electron chi connectivity index (χ2n) is 3.69. The van der Waals surface area contributed by atoms with E-state index in [0.717, 1.165) is 6.42 Å². The zero-order chi connectivity index (χ0) is 13.5. The maximum absolute atomic E-state index is 11.9. The third-order valence-electron chi connectivity index (χ3n) is 2.39. The van der Waals surface area contributed by atoms with Crippen LogP contribution in [0.5, 0.6) is 0 Å². The van der Waals surface area contributed by atoms with Crippen LogP contribution in [0.1, 0.15) is 30.1 Å². The maximum atomic E-state index is 11.9. The van der Waals surface area contributed by atoms with Crippen LogP contribution in [0.25, 0.3) is 0 Å². The first-order valence-electron chi connectivity index (χ1n) is 5.58. The number of nitrogens with zero attached hydrogens (tertiary/aromatic N) is 1. The van der Waals surface area contributed by atoms with Crippen molar-refractivity contribution in [2.45, 2.75) is 25.8 Å². The van der Waals surface area contributed by atoms with Crippen LogP contribution < -0.4 is 5.32 Å². The fraction of sp³-hybridized carbons (Fsp3) is 0.417. The summed E-state index contributed by atoms with van der Waals surface area (Å²) in [6.45, 7) is 1.92. The Balaban J connectivity index is 2.79. The molecule has 1 N–H and O–H groups in total. The molecule has 0 aliphatic heterocycles. The van der Waals surface area contributed by atoms with Crippen molar-refractivity contribution in [3.05, 3.63) is 29.0 Å². The van der Waals surface area contributed by atoms with Crippen molar-refractivity contribution in [3.63, 3.8) is 0 Å². The number of aromatic nitrogens is 1. The summed E-state index contributed by atoms with van der Waals surface area (Å²) in [4.78, 5) is 27.2. The molecule has 0 spiro atoms. The number of carbonyl (C=O) groups is 2. The standard InChI is InChI=1S/C12H15ClN2O3/c1-3-4-10(12(17)18-2)15-11(16)8-5-6-14-7-9(8)13/h5-7,10H,3-4H2,1-2H3,(H,15,16). The monoisotopic (exact) mass is 270 g/mol. The Kier molecular flexibility index (Phi) is 5.58. The number of rotatable bonds is 5. The van der Waals surface area contributed by atoms with Crippen LogP contribution >= 0.6 is 11.6 Å². The van der Waals surface area contributed by atoms with Crippen molar-refractivity contribution in [1.82, 2.24) is 10.3 Å². The van der Waals surface area contributed by atoms with Crippen molar-refractivity contribution in [2.24, 2.45) is 0 Å². The summed E-state index contributed by atoms with van der Waals surface area (Å²) in [5.41, 5.74) is 0.289. The van der Waals surface area contributed by atoms with Crippen LogP contribution in [0.15, 0.2) is 18.5 Å². The first kappa shape index (κ1) is 14.4. The molecule has 18 heavy (non-hydrogen) atoms. The molecule has 6 heteroatoms. The number of methoxy groups -OCH3 is 1. The normalized spacial score (nSPS) is 11.7.